The highest BCUT2D eigenvalue weighted by Crippen LogP contribution is 2.52. The fourth-order valence-electron chi connectivity index (χ4n) is 5.21. The van der Waals surface area contributed by atoms with Crippen LogP contribution in [0.5, 0.6) is 0 Å². The first kappa shape index (κ1) is 30.9. The number of nitrogens with zero attached hydrogens (tertiary/aromatic N) is 2. The number of aromatic amines is 1. The molecule has 0 radical (unpaired) electrons. The number of H-pyrrole nitrogens is 1. The minimum Gasteiger partial charge on any atom is -0.383 e. The van der Waals surface area contributed by atoms with Gasteiger partial charge in [-0.05, 0) is 30.3 Å². The molecule has 0 amide bonds. The van der Waals surface area contributed by atoms with Crippen LogP contribution in [0, 0.1) is 0 Å². The Hall–Kier alpha value is -2.51. The van der Waals surface area contributed by atoms with Crippen LogP contribution in [-0.2, 0) is 18.9 Å². The summed E-state index contributed by atoms with van der Waals surface area (Å²) in [5.41, 5.74) is 3.78. The molecule has 2 aliphatic rings. The van der Waals surface area contributed by atoms with Crippen LogP contribution in [0.1, 0.15) is 0 Å². The zero-order valence-corrected chi connectivity index (χ0v) is 26.2. The van der Waals surface area contributed by atoms with E-state index in [-0.39, 0.29) is 11.6 Å². The van der Waals surface area contributed by atoms with Gasteiger partial charge >= 0.3 is 0 Å². The van der Waals surface area contributed by atoms with E-state index in [1.54, 1.807) is 50.9 Å². The van der Waals surface area contributed by atoms with Gasteiger partial charge in [-0.3, -0.25) is 9.69 Å². The lowest BCUT2D eigenvalue weighted by Crippen LogP contribution is -2.42. The summed E-state index contributed by atoms with van der Waals surface area (Å²) in [6.07, 6.45) is 0. The van der Waals surface area contributed by atoms with Crippen LogP contribution in [0.25, 0.3) is 11.3 Å². The normalized spacial score (nSPS) is 15.4. The Labute approximate surface area is 256 Å². The number of anilines is 2. The van der Waals surface area contributed by atoms with Gasteiger partial charge in [0.05, 0.1) is 44.8 Å². The quantitative estimate of drug-likeness (QED) is 0.212. The molecule has 9 nitrogen and oxygen atoms in total. The van der Waals surface area contributed by atoms with Gasteiger partial charge in [0.2, 0.25) is 5.56 Å². The second-order valence-corrected chi connectivity index (χ2v) is 12.4. The average Bonchev–Trinajstić information content (AvgIpc) is 3.01. The maximum absolute atomic E-state index is 12.7. The molecule has 2 aliphatic heterocycles. The summed E-state index contributed by atoms with van der Waals surface area (Å²) in [4.78, 5) is 25.1. The Morgan fingerprint density at radius 2 is 1.74 bits per heavy atom. The molecule has 3 aromatic rings. The van der Waals surface area contributed by atoms with Gasteiger partial charge < -0.3 is 34.1 Å². The number of hydrogen-bond acceptors (Lipinski definition) is 10. The highest BCUT2D eigenvalue weighted by molar-refractivity contribution is 8.05. The first-order valence-electron chi connectivity index (χ1n) is 14.2. The van der Waals surface area contributed by atoms with E-state index in [0.717, 1.165) is 60.3 Å². The molecule has 226 valence electrons. The van der Waals surface area contributed by atoms with E-state index >= 15 is 0 Å². The van der Waals surface area contributed by atoms with Gasteiger partial charge in [0, 0.05) is 96.6 Å². The SMILES string of the molecule is COCCN(CCOC)C[C@@H](COC)Nc1ccc2c(c1)Sc1cccc(-c3cc(N4CCOCC4)cc(=O)[nH]3)c1S2. The third-order valence-corrected chi connectivity index (χ3v) is 9.89. The van der Waals surface area contributed by atoms with Crippen LogP contribution in [0.4, 0.5) is 11.4 Å². The number of methoxy groups -OCH3 is 3. The molecule has 2 aromatic carbocycles. The molecule has 5 rings (SSSR count). The Bertz CT molecular complexity index is 1370. The average molecular weight is 613 g/mol. The third kappa shape index (κ3) is 7.90. The molecule has 3 heterocycles. The molecule has 1 atom stereocenters. The van der Waals surface area contributed by atoms with Gasteiger partial charge in [0.1, 0.15) is 0 Å². The topological polar surface area (TPSA) is 88.3 Å². The fraction of sp³-hybridized carbons (Fsp3) is 0.452. The van der Waals surface area contributed by atoms with E-state index in [1.807, 2.05) is 0 Å². The lowest BCUT2D eigenvalue weighted by Gasteiger charge is -2.29. The molecule has 1 saturated heterocycles. The molecule has 0 spiro atoms. The number of aromatic nitrogens is 1. The number of benzene rings is 2. The lowest BCUT2D eigenvalue weighted by atomic mass is 10.1. The Balaban J connectivity index is 1.34. The van der Waals surface area contributed by atoms with Crippen LogP contribution >= 0.6 is 23.5 Å². The summed E-state index contributed by atoms with van der Waals surface area (Å²) >= 11 is 3.52. The van der Waals surface area contributed by atoms with Gasteiger partial charge in [0.15, 0.2) is 0 Å². The first-order chi connectivity index (χ1) is 20.6. The van der Waals surface area contributed by atoms with Gasteiger partial charge in [-0.1, -0.05) is 35.7 Å². The molecule has 2 N–H and O–H groups in total. The summed E-state index contributed by atoms with van der Waals surface area (Å²) in [5.74, 6) is 0. The standard InChI is InChI=1S/C31H40N4O5S2/c1-37-13-9-34(10-14-38-2)20-23(21-39-3)32-22-7-8-27-29(17-22)41-28-6-4-5-25(31(28)42-27)26-18-24(19-30(36)33-26)35-11-15-40-16-12-35/h4-8,17-19,23,32H,9-16,20-21H2,1-3H3,(H,33,36)/t23-/m0/s1. The largest absolute Gasteiger partial charge is 0.383 e. The number of pyridine rings is 1. The van der Waals surface area contributed by atoms with Crippen LogP contribution in [0.2, 0.25) is 0 Å². The van der Waals surface area contributed by atoms with Crippen molar-refractivity contribution in [1.29, 1.82) is 0 Å². The second kappa shape index (κ2) is 15.3. The van der Waals surface area contributed by atoms with Crippen molar-refractivity contribution in [2.75, 3.05) is 97.3 Å². The molecule has 11 heteroatoms. The van der Waals surface area contributed by atoms with Gasteiger partial charge in [-0.15, -0.1) is 0 Å². The molecule has 1 aromatic heterocycles. The number of fused-ring (bicyclic) bond motifs is 2. The molecule has 0 unspecified atom stereocenters. The Morgan fingerprint density at radius 3 is 2.48 bits per heavy atom. The minimum absolute atomic E-state index is 0.0928. The van der Waals surface area contributed by atoms with Crippen molar-refractivity contribution >= 4 is 34.9 Å². The van der Waals surface area contributed by atoms with E-state index in [1.165, 1.54) is 14.7 Å². The molecule has 1 fully saturated rings. The predicted octanol–water partition coefficient (Wildman–Crippen LogP) is 4.52. The number of hydrogen-bond donors (Lipinski definition) is 2. The molecule has 42 heavy (non-hydrogen) atoms. The summed E-state index contributed by atoms with van der Waals surface area (Å²) in [6.45, 7) is 7.32. The highest BCUT2D eigenvalue weighted by atomic mass is 32.2. The smallest absolute Gasteiger partial charge is 0.250 e. The Morgan fingerprint density at radius 1 is 0.952 bits per heavy atom. The monoisotopic (exact) mass is 612 g/mol. The Kier molecular flexibility index (Phi) is 11.3. The lowest BCUT2D eigenvalue weighted by molar-refractivity contribution is 0.100. The molecule has 0 saturated carbocycles. The van der Waals surface area contributed by atoms with Gasteiger partial charge in [0.25, 0.3) is 0 Å². The summed E-state index contributed by atoms with van der Waals surface area (Å²) < 4.78 is 21.7. The fourth-order valence-corrected chi connectivity index (χ4v) is 7.62. The summed E-state index contributed by atoms with van der Waals surface area (Å²) in [7, 11) is 5.19. The molecular formula is C31H40N4O5S2. The van der Waals surface area contributed by atoms with Crippen molar-refractivity contribution in [3.63, 3.8) is 0 Å². The highest BCUT2D eigenvalue weighted by Gasteiger charge is 2.23. The van der Waals surface area contributed by atoms with Crippen molar-refractivity contribution in [2.24, 2.45) is 0 Å². The van der Waals surface area contributed by atoms with Crippen LogP contribution in [-0.4, -0.2) is 103 Å². The van der Waals surface area contributed by atoms with Crippen molar-refractivity contribution < 1.29 is 18.9 Å². The number of nitrogens with one attached hydrogen (secondary N) is 2. The third-order valence-electron chi connectivity index (χ3n) is 7.29. The number of morpholine rings is 1. The van der Waals surface area contributed by atoms with Crippen LogP contribution in [0.3, 0.4) is 0 Å². The first-order valence-corrected chi connectivity index (χ1v) is 15.9. The molecule has 0 aliphatic carbocycles. The predicted molar refractivity (Wildman–Crippen MR) is 170 cm³/mol. The second-order valence-electron chi connectivity index (χ2n) is 10.3. The zero-order chi connectivity index (χ0) is 29.3. The number of ether oxygens (including phenoxy) is 4. The van der Waals surface area contributed by atoms with Gasteiger partial charge in [-0.25, -0.2) is 0 Å². The maximum Gasteiger partial charge on any atom is 0.250 e. The number of rotatable bonds is 14. The molecule has 0 bridgehead atoms. The van der Waals surface area contributed by atoms with E-state index in [0.29, 0.717) is 33.0 Å². The molecular weight excluding hydrogens is 572 g/mol. The van der Waals surface area contributed by atoms with Crippen molar-refractivity contribution in [2.45, 2.75) is 25.6 Å². The van der Waals surface area contributed by atoms with E-state index in [2.05, 4.69) is 62.6 Å². The summed E-state index contributed by atoms with van der Waals surface area (Å²) in [5, 5.41) is 3.69. The van der Waals surface area contributed by atoms with E-state index in [9.17, 15) is 4.79 Å². The van der Waals surface area contributed by atoms with Crippen molar-refractivity contribution in [3.05, 3.63) is 58.9 Å². The maximum atomic E-state index is 12.7. The van der Waals surface area contributed by atoms with E-state index in [4.69, 9.17) is 18.9 Å². The minimum atomic E-state index is -0.0928. The van der Waals surface area contributed by atoms with Crippen LogP contribution < -0.4 is 15.8 Å². The summed E-state index contributed by atoms with van der Waals surface area (Å²) in [6, 6.07) is 16.7. The van der Waals surface area contributed by atoms with Gasteiger partial charge in [-0.2, -0.15) is 0 Å². The van der Waals surface area contributed by atoms with Crippen molar-refractivity contribution in [1.82, 2.24) is 9.88 Å². The van der Waals surface area contributed by atoms with Crippen molar-refractivity contribution in [3.8, 4) is 11.3 Å². The van der Waals surface area contributed by atoms with E-state index < -0.39 is 0 Å². The van der Waals surface area contributed by atoms with Crippen LogP contribution in [0.15, 0.2) is 72.9 Å². The zero-order valence-electron chi connectivity index (χ0n) is 24.5.